The van der Waals surface area contributed by atoms with Gasteiger partial charge in [0.05, 0.1) is 12.8 Å². The molecule has 0 saturated carbocycles. The Bertz CT molecular complexity index is 958. The molecule has 3 rings (SSSR count). The lowest BCUT2D eigenvalue weighted by Gasteiger charge is -2.27. The van der Waals surface area contributed by atoms with Crippen molar-refractivity contribution in [3.05, 3.63) is 94.9 Å². The maximum absolute atomic E-state index is 13.2. The van der Waals surface area contributed by atoms with E-state index in [2.05, 4.69) is 0 Å². The van der Waals surface area contributed by atoms with Crippen molar-refractivity contribution in [2.45, 2.75) is 26.4 Å². The van der Waals surface area contributed by atoms with Crippen LogP contribution in [0.3, 0.4) is 0 Å². The molecule has 0 radical (unpaired) electrons. The minimum Gasteiger partial charge on any atom is -0.467 e. The average molecular weight is 425 g/mol. The molecule has 0 aliphatic carbocycles. The molecule has 30 heavy (non-hydrogen) atoms. The van der Waals surface area contributed by atoms with Crippen LogP contribution in [0, 0.1) is 0 Å². The molecule has 0 N–H and O–H groups in total. The van der Waals surface area contributed by atoms with Crippen molar-refractivity contribution in [1.29, 1.82) is 0 Å². The molecule has 1 heterocycles. The molecule has 0 aliphatic heterocycles. The number of rotatable bonds is 9. The molecule has 1 aromatic heterocycles. The Morgan fingerprint density at radius 2 is 1.73 bits per heavy atom. The van der Waals surface area contributed by atoms with Gasteiger partial charge in [-0.1, -0.05) is 54.9 Å². The highest BCUT2D eigenvalue weighted by molar-refractivity contribution is 6.31. The van der Waals surface area contributed by atoms with Gasteiger partial charge in [-0.25, -0.2) is 0 Å². The second-order valence-corrected chi connectivity index (χ2v) is 7.49. The number of carbonyl (C=O) groups excluding carboxylic acids is 2. The number of benzene rings is 2. The van der Waals surface area contributed by atoms with E-state index in [1.807, 2.05) is 43.3 Å². The lowest BCUT2D eigenvalue weighted by atomic mass is 10.2. The van der Waals surface area contributed by atoms with Crippen LogP contribution >= 0.6 is 11.6 Å². The Kier molecular flexibility index (Phi) is 7.69. The Balaban J connectivity index is 1.77. The quantitative estimate of drug-likeness (QED) is 0.485. The molecule has 0 spiro atoms. The third-order valence-electron chi connectivity index (χ3n) is 4.67. The largest absolute Gasteiger partial charge is 0.467 e. The van der Waals surface area contributed by atoms with Crippen LogP contribution in [-0.2, 0) is 17.9 Å². The van der Waals surface area contributed by atoms with Crippen molar-refractivity contribution < 1.29 is 14.0 Å². The van der Waals surface area contributed by atoms with Gasteiger partial charge in [0.1, 0.15) is 12.3 Å². The van der Waals surface area contributed by atoms with E-state index in [0.29, 0.717) is 36.0 Å². The predicted molar refractivity (Wildman–Crippen MR) is 117 cm³/mol. The van der Waals surface area contributed by atoms with Crippen LogP contribution in [0.25, 0.3) is 0 Å². The number of nitrogens with zero attached hydrogens (tertiary/aromatic N) is 2. The fraction of sp³-hybridized carbons (Fsp3) is 0.250. The van der Waals surface area contributed by atoms with E-state index >= 15 is 0 Å². The summed E-state index contributed by atoms with van der Waals surface area (Å²) in [7, 11) is 0. The average Bonchev–Trinajstić information content (AvgIpc) is 3.26. The predicted octanol–water partition coefficient (Wildman–Crippen LogP) is 5.01. The smallest absolute Gasteiger partial charge is 0.254 e. The van der Waals surface area contributed by atoms with Gasteiger partial charge in [-0.05, 0) is 42.3 Å². The van der Waals surface area contributed by atoms with Crippen molar-refractivity contribution in [2.75, 3.05) is 13.1 Å². The summed E-state index contributed by atoms with van der Waals surface area (Å²) in [4.78, 5) is 29.5. The molecule has 3 aromatic rings. The number of halogens is 1. The SMILES string of the molecule is CCCN(CC(=O)N(Cc1ccccc1)Cc1ccco1)C(=O)c1cccc(Cl)c1. The zero-order valence-corrected chi connectivity index (χ0v) is 17.7. The first-order chi connectivity index (χ1) is 14.6. The highest BCUT2D eigenvalue weighted by Gasteiger charge is 2.23. The van der Waals surface area contributed by atoms with Crippen molar-refractivity contribution >= 4 is 23.4 Å². The molecule has 0 atom stereocenters. The maximum atomic E-state index is 13.2. The molecule has 0 saturated heterocycles. The summed E-state index contributed by atoms with van der Waals surface area (Å²) >= 11 is 6.04. The Morgan fingerprint density at radius 3 is 2.40 bits per heavy atom. The molecular formula is C24H25ClN2O3. The van der Waals surface area contributed by atoms with Gasteiger partial charge >= 0.3 is 0 Å². The van der Waals surface area contributed by atoms with Gasteiger partial charge in [-0.2, -0.15) is 0 Å². The minimum atomic E-state index is -0.203. The molecule has 0 aliphatic rings. The molecule has 2 aromatic carbocycles. The molecule has 156 valence electrons. The molecule has 2 amide bonds. The third-order valence-corrected chi connectivity index (χ3v) is 4.91. The Labute approximate surface area is 181 Å². The molecular weight excluding hydrogens is 400 g/mol. The number of hydrogen-bond acceptors (Lipinski definition) is 3. The Morgan fingerprint density at radius 1 is 0.933 bits per heavy atom. The molecule has 5 nitrogen and oxygen atoms in total. The van der Waals surface area contributed by atoms with Crippen molar-refractivity contribution in [1.82, 2.24) is 9.80 Å². The van der Waals surface area contributed by atoms with Gasteiger partial charge < -0.3 is 14.2 Å². The monoisotopic (exact) mass is 424 g/mol. The van der Waals surface area contributed by atoms with Crippen LogP contribution in [0.2, 0.25) is 5.02 Å². The summed E-state index contributed by atoms with van der Waals surface area (Å²) < 4.78 is 5.45. The van der Waals surface area contributed by atoms with Crippen LogP contribution in [0.15, 0.2) is 77.4 Å². The van der Waals surface area contributed by atoms with Gasteiger partial charge in [-0.15, -0.1) is 0 Å². The normalized spacial score (nSPS) is 10.6. The third kappa shape index (κ3) is 5.97. The van der Waals surface area contributed by atoms with Crippen LogP contribution in [-0.4, -0.2) is 34.7 Å². The second kappa shape index (κ2) is 10.6. The zero-order chi connectivity index (χ0) is 21.3. The first-order valence-corrected chi connectivity index (χ1v) is 10.3. The maximum Gasteiger partial charge on any atom is 0.254 e. The summed E-state index contributed by atoms with van der Waals surface area (Å²) in [5.74, 6) is 0.354. The van der Waals surface area contributed by atoms with E-state index in [4.69, 9.17) is 16.0 Å². The van der Waals surface area contributed by atoms with E-state index in [-0.39, 0.29) is 18.4 Å². The van der Waals surface area contributed by atoms with E-state index in [9.17, 15) is 9.59 Å². The van der Waals surface area contributed by atoms with E-state index in [1.165, 1.54) is 0 Å². The van der Waals surface area contributed by atoms with Gasteiger partial charge in [0.15, 0.2) is 0 Å². The van der Waals surface area contributed by atoms with Crippen LogP contribution in [0.4, 0.5) is 0 Å². The van der Waals surface area contributed by atoms with Crippen LogP contribution < -0.4 is 0 Å². The van der Waals surface area contributed by atoms with Crippen molar-refractivity contribution in [2.24, 2.45) is 0 Å². The molecule has 0 fully saturated rings. The number of amides is 2. The van der Waals surface area contributed by atoms with Crippen LogP contribution in [0.5, 0.6) is 0 Å². The second-order valence-electron chi connectivity index (χ2n) is 7.05. The summed E-state index contributed by atoms with van der Waals surface area (Å²) in [6.45, 7) is 3.23. The summed E-state index contributed by atoms with van der Waals surface area (Å²) in [6, 6.07) is 20.2. The fourth-order valence-electron chi connectivity index (χ4n) is 3.22. The lowest BCUT2D eigenvalue weighted by Crippen LogP contribution is -2.42. The summed E-state index contributed by atoms with van der Waals surface area (Å²) in [5, 5.41) is 0.493. The topological polar surface area (TPSA) is 53.8 Å². The summed E-state index contributed by atoms with van der Waals surface area (Å²) in [5.41, 5.74) is 1.49. The standard InChI is InChI=1S/C24H25ClN2O3/c1-2-13-26(24(29)20-10-6-11-21(25)15-20)18-23(28)27(17-22-12-7-14-30-22)16-19-8-4-3-5-9-19/h3-12,14-15H,2,13,16-18H2,1H3. The number of carbonyl (C=O) groups is 2. The van der Waals surface area contributed by atoms with Crippen LogP contribution in [0.1, 0.15) is 35.0 Å². The van der Waals surface area contributed by atoms with Gasteiger partial charge in [0, 0.05) is 23.7 Å². The Hall–Kier alpha value is -3.05. The fourth-order valence-corrected chi connectivity index (χ4v) is 3.41. The van der Waals surface area contributed by atoms with E-state index in [0.717, 1.165) is 12.0 Å². The van der Waals surface area contributed by atoms with E-state index in [1.54, 1.807) is 46.4 Å². The highest BCUT2D eigenvalue weighted by atomic mass is 35.5. The molecule has 0 bridgehead atoms. The summed E-state index contributed by atoms with van der Waals surface area (Å²) in [6.07, 6.45) is 2.34. The number of furan rings is 1. The first-order valence-electron chi connectivity index (χ1n) is 9.95. The molecule has 6 heteroatoms. The van der Waals surface area contributed by atoms with E-state index < -0.39 is 0 Å². The van der Waals surface area contributed by atoms with Crippen molar-refractivity contribution in [3.8, 4) is 0 Å². The van der Waals surface area contributed by atoms with Gasteiger partial charge in [0.25, 0.3) is 5.91 Å². The van der Waals surface area contributed by atoms with Gasteiger partial charge in [-0.3, -0.25) is 9.59 Å². The number of hydrogen-bond donors (Lipinski definition) is 0. The molecule has 0 unspecified atom stereocenters. The van der Waals surface area contributed by atoms with Crippen molar-refractivity contribution in [3.63, 3.8) is 0 Å². The first kappa shape index (κ1) is 21.7. The highest BCUT2D eigenvalue weighted by Crippen LogP contribution is 2.15. The lowest BCUT2D eigenvalue weighted by molar-refractivity contribution is -0.133. The zero-order valence-electron chi connectivity index (χ0n) is 17.0. The minimum absolute atomic E-state index is 0.00721. The van der Waals surface area contributed by atoms with Gasteiger partial charge in [0.2, 0.25) is 5.91 Å².